The van der Waals surface area contributed by atoms with Crippen LogP contribution in [0.3, 0.4) is 0 Å². The first-order valence-electron chi connectivity index (χ1n) is 8.83. The number of benzene rings is 2. The molecule has 0 heterocycles. The highest BCUT2D eigenvalue weighted by Gasteiger charge is 2.30. The summed E-state index contributed by atoms with van der Waals surface area (Å²) in [7, 11) is 0. The molecule has 2 N–H and O–H groups in total. The number of phenols is 2. The summed E-state index contributed by atoms with van der Waals surface area (Å²) in [6.45, 7) is 9.31. The van der Waals surface area contributed by atoms with Gasteiger partial charge in [0, 0.05) is 11.0 Å². The summed E-state index contributed by atoms with van der Waals surface area (Å²) in [6.07, 6.45) is 1.71. The van der Waals surface area contributed by atoms with Crippen molar-refractivity contribution in [1.82, 2.24) is 0 Å². The molecule has 25 heavy (non-hydrogen) atoms. The molecule has 0 aliphatic carbocycles. The summed E-state index contributed by atoms with van der Waals surface area (Å²) < 4.78 is 11.8. The van der Waals surface area contributed by atoms with Crippen molar-refractivity contribution in [3.05, 3.63) is 47.5 Å². The summed E-state index contributed by atoms with van der Waals surface area (Å²) in [5.41, 5.74) is 1.60. The van der Waals surface area contributed by atoms with Crippen molar-refractivity contribution >= 4 is 0 Å². The predicted molar refractivity (Wildman–Crippen MR) is 99.9 cm³/mol. The van der Waals surface area contributed by atoms with Crippen molar-refractivity contribution in [2.75, 3.05) is 13.2 Å². The maximum absolute atomic E-state index is 10.3. The molecule has 0 amide bonds. The van der Waals surface area contributed by atoms with Crippen LogP contribution in [0.2, 0.25) is 0 Å². The first kappa shape index (κ1) is 19.0. The Morgan fingerprint density at radius 1 is 0.800 bits per heavy atom. The van der Waals surface area contributed by atoms with Crippen LogP contribution in [0.25, 0.3) is 0 Å². The molecule has 4 heteroatoms. The molecular formula is C21H28O4. The molecule has 0 radical (unpaired) electrons. The van der Waals surface area contributed by atoms with E-state index in [-0.39, 0.29) is 16.9 Å². The zero-order chi connectivity index (χ0) is 18.4. The SMILES string of the molecule is CCCOc1c(O)ccc(C(C)(C)c2ccc(O)cc2)c1OCCC. The van der Waals surface area contributed by atoms with E-state index < -0.39 is 0 Å². The van der Waals surface area contributed by atoms with Crippen molar-refractivity contribution in [1.29, 1.82) is 0 Å². The lowest BCUT2D eigenvalue weighted by molar-refractivity contribution is 0.253. The second kappa shape index (κ2) is 8.15. The number of hydrogen-bond donors (Lipinski definition) is 2. The number of hydrogen-bond acceptors (Lipinski definition) is 4. The Hall–Kier alpha value is -2.36. The van der Waals surface area contributed by atoms with Gasteiger partial charge in [-0.3, -0.25) is 0 Å². The van der Waals surface area contributed by atoms with Crippen LogP contribution >= 0.6 is 0 Å². The highest BCUT2D eigenvalue weighted by molar-refractivity contribution is 5.59. The molecule has 4 nitrogen and oxygen atoms in total. The fraction of sp³-hybridized carbons (Fsp3) is 0.429. The van der Waals surface area contributed by atoms with Crippen LogP contribution < -0.4 is 9.47 Å². The first-order valence-corrected chi connectivity index (χ1v) is 8.83. The van der Waals surface area contributed by atoms with Crippen LogP contribution in [-0.2, 0) is 5.41 Å². The van der Waals surface area contributed by atoms with E-state index in [9.17, 15) is 10.2 Å². The van der Waals surface area contributed by atoms with E-state index in [1.54, 1.807) is 18.2 Å². The fourth-order valence-electron chi connectivity index (χ4n) is 2.77. The molecule has 136 valence electrons. The molecule has 0 unspecified atom stereocenters. The average Bonchev–Trinajstić information content (AvgIpc) is 2.59. The van der Waals surface area contributed by atoms with Crippen LogP contribution in [0.15, 0.2) is 36.4 Å². The summed E-state index contributed by atoms with van der Waals surface area (Å²) in [6, 6.07) is 10.7. The lowest BCUT2D eigenvalue weighted by Crippen LogP contribution is -2.21. The van der Waals surface area contributed by atoms with Gasteiger partial charge in [-0.25, -0.2) is 0 Å². The molecule has 0 bridgehead atoms. The monoisotopic (exact) mass is 344 g/mol. The van der Waals surface area contributed by atoms with E-state index in [1.165, 1.54) is 0 Å². The summed E-state index contributed by atoms with van der Waals surface area (Å²) in [4.78, 5) is 0. The summed E-state index contributed by atoms with van der Waals surface area (Å²) >= 11 is 0. The quantitative estimate of drug-likeness (QED) is 0.707. The van der Waals surface area contributed by atoms with Crippen molar-refractivity contribution in [2.45, 2.75) is 46.0 Å². The van der Waals surface area contributed by atoms with E-state index >= 15 is 0 Å². The lowest BCUT2D eigenvalue weighted by Gasteiger charge is -2.29. The van der Waals surface area contributed by atoms with Gasteiger partial charge in [0.05, 0.1) is 13.2 Å². The molecule has 0 aromatic heterocycles. The van der Waals surface area contributed by atoms with Gasteiger partial charge in [0.1, 0.15) is 5.75 Å². The Bertz CT molecular complexity index is 690. The van der Waals surface area contributed by atoms with Gasteiger partial charge in [0.25, 0.3) is 0 Å². The largest absolute Gasteiger partial charge is 0.508 e. The van der Waals surface area contributed by atoms with E-state index in [0.29, 0.717) is 24.7 Å². The first-order chi connectivity index (χ1) is 11.9. The Balaban J connectivity index is 2.55. The maximum Gasteiger partial charge on any atom is 0.203 e. The minimum atomic E-state index is -0.380. The van der Waals surface area contributed by atoms with Gasteiger partial charge < -0.3 is 19.7 Å². The molecule has 2 aromatic rings. The average molecular weight is 344 g/mol. The maximum atomic E-state index is 10.3. The Kier molecular flexibility index (Phi) is 6.18. The second-order valence-corrected chi connectivity index (χ2v) is 6.66. The van der Waals surface area contributed by atoms with Crippen LogP contribution in [0.1, 0.15) is 51.7 Å². The molecular weight excluding hydrogens is 316 g/mol. The molecule has 0 saturated heterocycles. The molecule has 0 atom stereocenters. The topological polar surface area (TPSA) is 58.9 Å². The summed E-state index contributed by atoms with van der Waals surface area (Å²) in [5, 5.41) is 19.8. The summed E-state index contributed by atoms with van der Waals surface area (Å²) in [5.74, 6) is 1.32. The number of phenolic OH excluding ortho intramolecular Hbond substituents is 2. The van der Waals surface area contributed by atoms with Gasteiger partial charge in [-0.2, -0.15) is 0 Å². The fourth-order valence-corrected chi connectivity index (χ4v) is 2.77. The van der Waals surface area contributed by atoms with Gasteiger partial charge in [-0.05, 0) is 36.6 Å². The molecule has 2 aromatic carbocycles. The van der Waals surface area contributed by atoms with Crippen LogP contribution in [-0.4, -0.2) is 23.4 Å². The third-order valence-corrected chi connectivity index (χ3v) is 4.25. The van der Waals surface area contributed by atoms with Crippen molar-refractivity contribution in [3.8, 4) is 23.0 Å². The smallest absolute Gasteiger partial charge is 0.203 e. The van der Waals surface area contributed by atoms with Crippen LogP contribution in [0.5, 0.6) is 23.0 Å². The predicted octanol–water partition coefficient (Wildman–Crippen LogP) is 5.00. The number of rotatable bonds is 8. The minimum Gasteiger partial charge on any atom is -0.508 e. The zero-order valence-electron chi connectivity index (χ0n) is 15.5. The van der Waals surface area contributed by atoms with Gasteiger partial charge >= 0.3 is 0 Å². The van der Waals surface area contributed by atoms with E-state index in [0.717, 1.165) is 24.0 Å². The van der Waals surface area contributed by atoms with E-state index in [4.69, 9.17) is 9.47 Å². The Morgan fingerprint density at radius 3 is 1.92 bits per heavy atom. The molecule has 0 spiro atoms. The van der Waals surface area contributed by atoms with E-state index in [1.807, 2.05) is 32.0 Å². The normalized spacial score (nSPS) is 11.4. The van der Waals surface area contributed by atoms with Gasteiger partial charge in [0.15, 0.2) is 11.5 Å². The Labute approximate surface area is 150 Å². The Morgan fingerprint density at radius 2 is 1.36 bits per heavy atom. The van der Waals surface area contributed by atoms with Gasteiger partial charge in [-0.15, -0.1) is 0 Å². The minimum absolute atomic E-state index is 0.0878. The third kappa shape index (κ3) is 4.19. The molecule has 0 fully saturated rings. The van der Waals surface area contributed by atoms with Crippen molar-refractivity contribution in [2.24, 2.45) is 0 Å². The van der Waals surface area contributed by atoms with Gasteiger partial charge in [0.2, 0.25) is 5.75 Å². The molecule has 0 aliphatic heterocycles. The van der Waals surface area contributed by atoms with E-state index in [2.05, 4.69) is 13.8 Å². The third-order valence-electron chi connectivity index (χ3n) is 4.25. The molecule has 0 aliphatic rings. The van der Waals surface area contributed by atoms with Crippen LogP contribution in [0, 0.1) is 0 Å². The zero-order valence-corrected chi connectivity index (χ0v) is 15.5. The van der Waals surface area contributed by atoms with Crippen LogP contribution in [0.4, 0.5) is 0 Å². The number of aromatic hydroxyl groups is 2. The van der Waals surface area contributed by atoms with Crippen molar-refractivity contribution in [3.63, 3.8) is 0 Å². The van der Waals surface area contributed by atoms with Crippen molar-refractivity contribution < 1.29 is 19.7 Å². The second-order valence-electron chi connectivity index (χ2n) is 6.66. The standard InChI is InChI=1S/C21H28O4/c1-5-13-24-19-17(11-12-18(23)20(19)25-14-6-2)21(3,4)15-7-9-16(22)10-8-15/h7-12,22-23H,5-6,13-14H2,1-4H3. The molecule has 0 saturated carbocycles. The number of ether oxygens (including phenoxy) is 2. The lowest BCUT2D eigenvalue weighted by atomic mass is 9.77. The highest BCUT2D eigenvalue weighted by Crippen LogP contribution is 2.46. The highest BCUT2D eigenvalue weighted by atomic mass is 16.5. The molecule has 2 rings (SSSR count). The van der Waals surface area contributed by atoms with Gasteiger partial charge in [-0.1, -0.05) is 45.9 Å².